The number of sulfonamides is 1. The van der Waals surface area contributed by atoms with Crippen molar-refractivity contribution in [3.8, 4) is 5.75 Å². The lowest BCUT2D eigenvalue weighted by atomic mass is 10.3. The van der Waals surface area contributed by atoms with E-state index in [1.54, 1.807) is 0 Å². The van der Waals surface area contributed by atoms with Gasteiger partial charge in [-0.1, -0.05) is 11.6 Å². The minimum atomic E-state index is -3.99. The molecule has 0 aliphatic carbocycles. The van der Waals surface area contributed by atoms with Crippen LogP contribution in [0.3, 0.4) is 0 Å². The van der Waals surface area contributed by atoms with Gasteiger partial charge in [0.25, 0.3) is 10.0 Å². The van der Waals surface area contributed by atoms with Gasteiger partial charge in [0.1, 0.15) is 11.6 Å². The van der Waals surface area contributed by atoms with Crippen LogP contribution in [0.5, 0.6) is 5.75 Å². The number of hydrogen-bond donors (Lipinski definition) is 3. The number of phenols is 1. The number of phenolic OH excluding ortho intramolecular Hbond substituents is 1. The third-order valence-electron chi connectivity index (χ3n) is 2.55. The van der Waals surface area contributed by atoms with E-state index in [0.29, 0.717) is 0 Å². The van der Waals surface area contributed by atoms with Gasteiger partial charge in [-0.3, -0.25) is 4.72 Å². The number of anilines is 2. The van der Waals surface area contributed by atoms with Crippen molar-refractivity contribution in [1.29, 1.82) is 0 Å². The molecule has 112 valence electrons. The third kappa shape index (κ3) is 3.39. The molecule has 0 unspecified atom stereocenters. The maximum atomic E-state index is 13.1. The first-order chi connectivity index (χ1) is 9.70. The van der Waals surface area contributed by atoms with E-state index in [4.69, 9.17) is 17.3 Å². The first kappa shape index (κ1) is 15.9. The molecule has 0 saturated carbocycles. The second-order valence-corrected chi connectivity index (χ2v) is 7.01. The van der Waals surface area contributed by atoms with Gasteiger partial charge in [-0.2, -0.15) is 0 Å². The fourth-order valence-corrected chi connectivity index (χ4v) is 3.75. The Labute approximate surface area is 133 Å². The molecule has 21 heavy (non-hydrogen) atoms. The second-order valence-electron chi connectivity index (χ2n) is 4.07. The number of aromatic hydroxyl groups is 1. The van der Waals surface area contributed by atoms with Gasteiger partial charge in [0, 0.05) is 4.47 Å². The molecule has 2 rings (SSSR count). The average molecular weight is 396 g/mol. The van der Waals surface area contributed by atoms with Crippen LogP contribution < -0.4 is 10.5 Å². The van der Waals surface area contributed by atoms with Crippen molar-refractivity contribution in [1.82, 2.24) is 0 Å². The molecule has 0 aliphatic heterocycles. The molecule has 2 aromatic carbocycles. The predicted molar refractivity (Wildman–Crippen MR) is 82.4 cm³/mol. The van der Waals surface area contributed by atoms with Crippen LogP contribution in [0.2, 0.25) is 5.02 Å². The predicted octanol–water partition coefficient (Wildman–Crippen LogP) is 3.33. The van der Waals surface area contributed by atoms with E-state index >= 15 is 0 Å². The van der Waals surface area contributed by atoms with Gasteiger partial charge in [0.15, 0.2) is 0 Å². The molecule has 4 N–H and O–H groups in total. The van der Waals surface area contributed by atoms with Gasteiger partial charge in [0.05, 0.1) is 21.3 Å². The topological polar surface area (TPSA) is 92.4 Å². The van der Waals surface area contributed by atoms with Crippen LogP contribution >= 0.6 is 27.5 Å². The van der Waals surface area contributed by atoms with Crippen LogP contribution in [0, 0.1) is 5.82 Å². The standard InChI is InChI=1S/C12H9BrClFN2O3S/c13-8-3-6(15)4-9(14)12(8)17-21(19,20)7-1-2-11(18)10(16)5-7/h1-5,17-18H,16H2. The van der Waals surface area contributed by atoms with Crippen LogP contribution in [0.15, 0.2) is 39.7 Å². The lowest BCUT2D eigenvalue weighted by Gasteiger charge is -2.12. The first-order valence-corrected chi connectivity index (χ1v) is 8.12. The fraction of sp³-hybridized carbons (Fsp3) is 0. The van der Waals surface area contributed by atoms with Crippen molar-refractivity contribution in [3.05, 3.63) is 45.6 Å². The van der Waals surface area contributed by atoms with Crippen LogP contribution in [0.25, 0.3) is 0 Å². The monoisotopic (exact) mass is 394 g/mol. The van der Waals surface area contributed by atoms with E-state index in [0.717, 1.165) is 24.3 Å². The minimum Gasteiger partial charge on any atom is -0.506 e. The summed E-state index contributed by atoms with van der Waals surface area (Å²) in [6.07, 6.45) is 0. The van der Waals surface area contributed by atoms with Crippen molar-refractivity contribution in [2.75, 3.05) is 10.5 Å². The van der Waals surface area contributed by atoms with Crippen molar-refractivity contribution in [3.63, 3.8) is 0 Å². The highest BCUT2D eigenvalue weighted by Gasteiger charge is 2.19. The van der Waals surface area contributed by atoms with E-state index in [9.17, 15) is 17.9 Å². The Morgan fingerprint density at radius 1 is 1.29 bits per heavy atom. The summed E-state index contributed by atoms with van der Waals surface area (Å²) in [7, 11) is -3.99. The molecule has 0 radical (unpaired) electrons. The third-order valence-corrected chi connectivity index (χ3v) is 4.82. The van der Waals surface area contributed by atoms with E-state index in [1.165, 1.54) is 6.07 Å². The number of hydrogen-bond acceptors (Lipinski definition) is 4. The Balaban J connectivity index is 2.44. The number of nitrogens with two attached hydrogens (primary N) is 1. The van der Waals surface area contributed by atoms with Crippen molar-refractivity contribution < 1.29 is 17.9 Å². The molecule has 2 aromatic rings. The van der Waals surface area contributed by atoms with Crippen LogP contribution in [-0.4, -0.2) is 13.5 Å². The molecule has 9 heteroatoms. The molecule has 5 nitrogen and oxygen atoms in total. The normalized spacial score (nSPS) is 11.4. The highest BCUT2D eigenvalue weighted by molar-refractivity contribution is 9.10. The molecule has 0 spiro atoms. The number of nitrogen functional groups attached to an aromatic ring is 1. The number of benzene rings is 2. The molecule has 0 bridgehead atoms. The lowest BCUT2D eigenvalue weighted by Crippen LogP contribution is -2.14. The van der Waals surface area contributed by atoms with Crippen molar-refractivity contribution >= 4 is 48.9 Å². The maximum absolute atomic E-state index is 13.1. The summed E-state index contributed by atoms with van der Waals surface area (Å²) in [6.45, 7) is 0. The summed E-state index contributed by atoms with van der Waals surface area (Å²) >= 11 is 8.86. The fourth-order valence-electron chi connectivity index (χ4n) is 1.53. The highest BCUT2D eigenvalue weighted by Crippen LogP contribution is 2.34. The second kappa shape index (κ2) is 5.70. The molecule has 0 amide bonds. The Kier molecular flexibility index (Phi) is 4.31. The number of rotatable bonds is 3. The molecule has 0 atom stereocenters. The zero-order valence-corrected chi connectivity index (χ0v) is 13.4. The van der Waals surface area contributed by atoms with E-state index in [-0.39, 0.29) is 31.5 Å². The Hall–Kier alpha value is -1.51. The molecular formula is C12H9BrClFN2O3S. The zero-order chi connectivity index (χ0) is 15.8. The minimum absolute atomic E-state index is 0.00436. The van der Waals surface area contributed by atoms with Crippen LogP contribution in [0.4, 0.5) is 15.8 Å². The maximum Gasteiger partial charge on any atom is 0.262 e. The molecule has 0 aromatic heterocycles. The van der Waals surface area contributed by atoms with E-state index in [2.05, 4.69) is 20.7 Å². The highest BCUT2D eigenvalue weighted by atomic mass is 79.9. The molecule has 0 saturated heterocycles. The van der Waals surface area contributed by atoms with Crippen LogP contribution in [-0.2, 0) is 10.0 Å². The van der Waals surface area contributed by atoms with E-state index in [1.807, 2.05) is 0 Å². The summed E-state index contributed by atoms with van der Waals surface area (Å²) in [5.74, 6) is -0.835. The number of halogens is 3. The summed E-state index contributed by atoms with van der Waals surface area (Å²) in [5, 5.41) is 9.21. The summed E-state index contributed by atoms with van der Waals surface area (Å²) in [6, 6.07) is 5.50. The SMILES string of the molecule is Nc1cc(S(=O)(=O)Nc2c(Cl)cc(F)cc2Br)ccc1O. The van der Waals surface area contributed by atoms with E-state index < -0.39 is 15.8 Å². The van der Waals surface area contributed by atoms with Gasteiger partial charge < -0.3 is 10.8 Å². The average Bonchev–Trinajstić information content (AvgIpc) is 2.37. The zero-order valence-electron chi connectivity index (χ0n) is 10.3. The van der Waals surface area contributed by atoms with Crippen LogP contribution in [0.1, 0.15) is 0 Å². The van der Waals surface area contributed by atoms with Gasteiger partial charge in [-0.25, -0.2) is 12.8 Å². The van der Waals surface area contributed by atoms with Gasteiger partial charge in [-0.15, -0.1) is 0 Å². The smallest absolute Gasteiger partial charge is 0.262 e. The molecular weight excluding hydrogens is 387 g/mol. The van der Waals surface area contributed by atoms with Gasteiger partial charge >= 0.3 is 0 Å². The van der Waals surface area contributed by atoms with Gasteiger partial charge in [-0.05, 0) is 46.3 Å². The summed E-state index contributed by atoms with van der Waals surface area (Å²) in [4.78, 5) is -0.162. The molecule has 0 aliphatic rings. The Bertz CT molecular complexity index is 791. The molecule has 0 heterocycles. The van der Waals surface area contributed by atoms with Gasteiger partial charge in [0.2, 0.25) is 0 Å². The lowest BCUT2D eigenvalue weighted by molar-refractivity contribution is 0.477. The van der Waals surface area contributed by atoms with Crippen molar-refractivity contribution in [2.24, 2.45) is 0 Å². The summed E-state index contributed by atoms with van der Waals surface area (Å²) < 4.78 is 40.0. The molecule has 0 fully saturated rings. The largest absolute Gasteiger partial charge is 0.506 e. The number of nitrogens with one attached hydrogen (secondary N) is 1. The Morgan fingerprint density at radius 2 is 1.95 bits per heavy atom. The quantitative estimate of drug-likeness (QED) is 0.549. The summed E-state index contributed by atoms with van der Waals surface area (Å²) in [5.41, 5.74) is 5.39. The first-order valence-electron chi connectivity index (χ1n) is 5.46. The Morgan fingerprint density at radius 3 is 2.52 bits per heavy atom. The van der Waals surface area contributed by atoms with Crippen molar-refractivity contribution in [2.45, 2.75) is 4.90 Å².